The van der Waals surface area contributed by atoms with Crippen molar-refractivity contribution in [3.05, 3.63) is 76.7 Å². The molecule has 0 saturated carbocycles. The lowest BCUT2D eigenvalue weighted by molar-refractivity contribution is 0.225. The van der Waals surface area contributed by atoms with E-state index < -0.39 is 0 Å². The molecular weight excluding hydrogens is 476 g/mol. The molecule has 0 radical (unpaired) electrons. The van der Waals surface area contributed by atoms with Crippen LogP contribution in [-0.4, -0.2) is 28.7 Å². The van der Waals surface area contributed by atoms with E-state index in [2.05, 4.69) is 91.9 Å². The Bertz CT molecular complexity index is 1390. The van der Waals surface area contributed by atoms with Crippen LogP contribution < -0.4 is 5.32 Å². The molecule has 6 aliphatic rings. The Balaban J connectivity index is 1.29. The van der Waals surface area contributed by atoms with Crippen LogP contribution in [0.15, 0.2) is 70.0 Å². The van der Waals surface area contributed by atoms with Crippen LogP contribution in [0.4, 0.5) is 5.69 Å². The van der Waals surface area contributed by atoms with Crippen molar-refractivity contribution in [1.82, 2.24) is 4.90 Å². The van der Waals surface area contributed by atoms with E-state index in [1.807, 2.05) is 0 Å². The van der Waals surface area contributed by atoms with Gasteiger partial charge in [-0.05, 0) is 81.4 Å². The summed E-state index contributed by atoms with van der Waals surface area (Å²) in [5.74, 6) is 4.42. The minimum Gasteiger partial charge on any atom is -0.344 e. The Labute approximate surface area is 234 Å². The predicted octanol–water partition coefficient (Wildman–Crippen LogP) is 8.48. The van der Waals surface area contributed by atoms with Crippen molar-refractivity contribution in [3.63, 3.8) is 0 Å². The fourth-order valence-electron chi connectivity index (χ4n) is 7.72. The van der Waals surface area contributed by atoms with Gasteiger partial charge in [0.05, 0.1) is 5.54 Å². The normalized spacial score (nSPS) is 32.5. The molecule has 4 aliphatic carbocycles. The van der Waals surface area contributed by atoms with Crippen LogP contribution in [0.5, 0.6) is 0 Å². The molecule has 2 aliphatic heterocycles. The molecule has 0 amide bonds. The maximum atomic E-state index is 5.07. The number of amidine groups is 2. The Kier molecular flexibility index (Phi) is 6.25. The molecule has 4 nitrogen and oxygen atoms in total. The molecule has 7 rings (SSSR count). The number of benzene rings is 1. The fourth-order valence-corrected chi connectivity index (χ4v) is 7.72. The van der Waals surface area contributed by atoms with E-state index in [-0.39, 0.29) is 5.54 Å². The number of nitrogens with one attached hydrogen (secondary N) is 1. The lowest BCUT2D eigenvalue weighted by Gasteiger charge is -2.51. The van der Waals surface area contributed by atoms with Gasteiger partial charge in [-0.25, -0.2) is 4.99 Å². The van der Waals surface area contributed by atoms with E-state index in [9.17, 15) is 0 Å². The fraction of sp³-hybridized carbons (Fsp3) is 0.486. The highest BCUT2D eigenvalue weighted by atomic mass is 15.3. The molecule has 0 aromatic heterocycles. The van der Waals surface area contributed by atoms with E-state index in [1.165, 1.54) is 65.2 Å². The number of anilines is 1. The predicted molar refractivity (Wildman–Crippen MR) is 165 cm³/mol. The summed E-state index contributed by atoms with van der Waals surface area (Å²) in [6.07, 6.45) is 28.3. The molecule has 4 unspecified atom stereocenters. The quantitative estimate of drug-likeness (QED) is 0.408. The first-order chi connectivity index (χ1) is 19.0. The molecule has 39 heavy (non-hydrogen) atoms. The summed E-state index contributed by atoms with van der Waals surface area (Å²) in [5, 5.41) is 3.75. The number of hydrogen-bond acceptors (Lipinski definition) is 4. The smallest absolute Gasteiger partial charge is 0.109 e. The van der Waals surface area contributed by atoms with Gasteiger partial charge in [0.15, 0.2) is 0 Å². The van der Waals surface area contributed by atoms with Crippen molar-refractivity contribution in [2.75, 3.05) is 11.9 Å². The molecule has 0 saturated heterocycles. The molecule has 0 fully saturated rings. The standard InChI is InChI=1S/C35H42N4/c1-23-7-17-31(36-21-23)38-29-15-11-25-10-14-28-30(16-12-26-9-13-27(29)33(25)34(26)28)39(32-18-8-24(2)22-37-32)35(3)19-5-4-6-20-35/h5,9-11,13-16,19,22-23,26,28,34H,4,6-8,12,17-18,20-21H2,1-3H3,(H,36,38)/t23?,26?,28?,34?,35-/m1/s1. The number of allylic oxidation sites excluding steroid dienone is 5. The number of rotatable bonds is 3. The first kappa shape index (κ1) is 24.9. The van der Waals surface area contributed by atoms with Crippen LogP contribution in [0.25, 0.3) is 12.2 Å². The van der Waals surface area contributed by atoms with Gasteiger partial charge in [-0.2, -0.15) is 0 Å². The molecule has 5 atom stereocenters. The number of hydrogen-bond donors (Lipinski definition) is 1. The summed E-state index contributed by atoms with van der Waals surface area (Å²) in [7, 11) is 0. The Morgan fingerprint density at radius 1 is 1.10 bits per heavy atom. The van der Waals surface area contributed by atoms with Crippen molar-refractivity contribution < 1.29 is 0 Å². The first-order valence-electron chi connectivity index (χ1n) is 15.2. The van der Waals surface area contributed by atoms with E-state index >= 15 is 0 Å². The Morgan fingerprint density at radius 3 is 2.79 bits per heavy atom. The Hall–Kier alpha value is -3.14. The third kappa shape index (κ3) is 4.37. The summed E-state index contributed by atoms with van der Waals surface area (Å²) in [6, 6.07) is 4.60. The van der Waals surface area contributed by atoms with Gasteiger partial charge in [0.1, 0.15) is 11.7 Å². The Morgan fingerprint density at radius 2 is 2.03 bits per heavy atom. The molecule has 0 spiro atoms. The minimum atomic E-state index is -0.0318. The number of aliphatic imine (C=N–C) groups is 2. The largest absolute Gasteiger partial charge is 0.344 e. The highest BCUT2D eigenvalue weighted by molar-refractivity contribution is 5.98. The number of nitrogens with zero attached hydrogens (tertiary/aromatic N) is 3. The minimum absolute atomic E-state index is 0.0318. The molecular formula is C35H42N4. The van der Waals surface area contributed by atoms with E-state index in [0.717, 1.165) is 38.1 Å². The SMILES string of the molecule is CC1=CN=C(N(C2=CCC3C=Cc4c(NC5=NCC(C)CC5)ccc5c4C3C2C=C5)[C@]2(C)C=CCCC2)CC1. The van der Waals surface area contributed by atoms with Crippen LogP contribution in [0.2, 0.25) is 0 Å². The second-order valence-electron chi connectivity index (χ2n) is 12.9. The zero-order valence-electron chi connectivity index (χ0n) is 23.8. The van der Waals surface area contributed by atoms with Crippen LogP contribution in [0.3, 0.4) is 0 Å². The molecule has 202 valence electrons. The molecule has 1 aromatic rings. The molecule has 0 bridgehead atoms. The summed E-state index contributed by atoms with van der Waals surface area (Å²) in [5.41, 5.74) is 8.32. The van der Waals surface area contributed by atoms with Gasteiger partial charge in [-0.1, -0.05) is 61.1 Å². The van der Waals surface area contributed by atoms with Crippen molar-refractivity contribution in [2.45, 2.75) is 83.6 Å². The zero-order valence-corrected chi connectivity index (χ0v) is 23.8. The van der Waals surface area contributed by atoms with Crippen LogP contribution in [-0.2, 0) is 0 Å². The molecule has 2 heterocycles. The summed E-state index contributed by atoms with van der Waals surface area (Å²) in [6.45, 7) is 7.88. The van der Waals surface area contributed by atoms with Crippen LogP contribution >= 0.6 is 0 Å². The highest BCUT2D eigenvalue weighted by Gasteiger charge is 2.45. The summed E-state index contributed by atoms with van der Waals surface area (Å²) >= 11 is 0. The third-order valence-electron chi connectivity index (χ3n) is 9.92. The van der Waals surface area contributed by atoms with Crippen LogP contribution in [0, 0.1) is 17.8 Å². The van der Waals surface area contributed by atoms with Crippen molar-refractivity contribution >= 4 is 29.5 Å². The maximum absolute atomic E-state index is 5.07. The maximum Gasteiger partial charge on any atom is 0.109 e. The van der Waals surface area contributed by atoms with Gasteiger partial charge >= 0.3 is 0 Å². The van der Waals surface area contributed by atoms with Crippen LogP contribution in [0.1, 0.15) is 94.7 Å². The second kappa shape index (κ2) is 9.80. The monoisotopic (exact) mass is 518 g/mol. The highest BCUT2D eigenvalue weighted by Crippen LogP contribution is 2.54. The third-order valence-corrected chi connectivity index (χ3v) is 9.92. The first-order valence-corrected chi connectivity index (χ1v) is 15.2. The van der Waals surface area contributed by atoms with Gasteiger partial charge in [-0.3, -0.25) is 4.99 Å². The van der Waals surface area contributed by atoms with Gasteiger partial charge in [0, 0.05) is 54.4 Å². The molecule has 4 heteroatoms. The lowest BCUT2D eigenvalue weighted by atomic mass is 9.63. The van der Waals surface area contributed by atoms with Gasteiger partial charge < -0.3 is 10.2 Å². The van der Waals surface area contributed by atoms with Gasteiger partial charge in [-0.15, -0.1) is 0 Å². The van der Waals surface area contributed by atoms with Gasteiger partial charge in [0.2, 0.25) is 0 Å². The van der Waals surface area contributed by atoms with Crippen molar-refractivity contribution in [2.24, 2.45) is 27.7 Å². The molecule has 1 N–H and O–H groups in total. The van der Waals surface area contributed by atoms with Crippen molar-refractivity contribution in [1.29, 1.82) is 0 Å². The second-order valence-corrected chi connectivity index (χ2v) is 12.9. The topological polar surface area (TPSA) is 40.0 Å². The van der Waals surface area contributed by atoms with Gasteiger partial charge in [0.25, 0.3) is 0 Å². The van der Waals surface area contributed by atoms with E-state index in [1.54, 1.807) is 0 Å². The zero-order chi connectivity index (χ0) is 26.6. The van der Waals surface area contributed by atoms with E-state index in [4.69, 9.17) is 9.98 Å². The van der Waals surface area contributed by atoms with Crippen molar-refractivity contribution in [3.8, 4) is 0 Å². The summed E-state index contributed by atoms with van der Waals surface area (Å²) < 4.78 is 0. The average molecular weight is 519 g/mol. The lowest BCUT2D eigenvalue weighted by Crippen LogP contribution is -2.51. The molecule has 1 aromatic carbocycles. The van der Waals surface area contributed by atoms with E-state index in [0.29, 0.717) is 23.7 Å². The average Bonchev–Trinajstić information content (AvgIpc) is 2.96. The summed E-state index contributed by atoms with van der Waals surface area (Å²) in [4.78, 5) is 12.6.